The summed E-state index contributed by atoms with van der Waals surface area (Å²) in [6.45, 7) is 0.0492. The Bertz CT molecular complexity index is 1020. The first kappa shape index (κ1) is 20.0. The molecule has 2 N–H and O–H groups in total. The normalized spacial score (nSPS) is 10.3. The fourth-order valence-corrected chi connectivity index (χ4v) is 2.65. The number of anilines is 2. The van der Waals surface area contributed by atoms with E-state index < -0.39 is 11.8 Å². The highest BCUT2D eigenvalue weighted by atomic mass is 19.1. The third-order valence-corrected chi connectivity index (χ3v) is 4.29. The minimum atomic E-state index is -0.425. The molecular weight excluding hydrogens is 371 g/mol. The molecule has 6 nitrogen and oxygen atoms in total. The number of hydrogen-bond donors (Lipinski definition) is 2. The van der Waals surface area contributed by atoms with Crippen LogP contribution in [0.15, 0.2) is 66.9 Å². The number of rotatable bonds is 6. The van der Waals surface area contributed by atoms with Gasteiger partial charge in [-0.05, 0) is 42.5 Å². The number of hydrogen-bond acceptors (Lipinski definition) is 4. The molecule has 1 aromatic heterocycles. The average molecular weight is 392 g/mol. The first-order chi connectivity index (χ1) is 13.9. The van der Waals surface area contributed by atoms with Crippen LogP contribution in [-0.2, 0) is 6.54 Å². The van der Waals surface area contributed by atoms with Gasteiger partial charge in [-0.1, -0.05) is 18.2 Å². The van der Waals surface area contributed by atoms with E-state index >= 15 is 0 Å². The smallest absolute Gasteiger partial charge is 0.274 e. The van der Waals surface area contributed by atoms with E-state index in [1.54, 1.807) is 30.3 Å². The number of benzene rings is 2. The van der Waals surface area contributed by atoms with Gasteiger partial charge in [-0.25, -0.2) is 4.39 Å². The highest BCUT2D eigenvalue weighted by molar-refractivity contribution is 6.04. The van der Waals surface area contributed by atoms with Gasteiger partial charge < -0.3 is 15.5 Å². The Morgan fingerprint density at radius 1 is 1.00 bits per heavy atom. The molecule has 0 aliphatic carbocycles. The van der Waals surface area contributed by atoms with E-state index in [0.717, 1.165) is 5.69 Å². The van der Waals surface area contributed by atoms with Gasteiger partial charge in [-0.15, -0.1) is 0 Å². The van der Waals surface area contributed by atoms with Crippen molar-refractivity contribution in [2.45, 2.75) is 6.54 Å². The first-order valence-electron chi connectivity index (χ1n) is 9.00. The molecule has 0 spiro atoms. The molecule has 148 valence electrons. The van der Waals surface area contributed by atoms with Gasteiger partial charge in [0.25, 0.3) is 11.8 Å². The van der Waals surface area contributed by atoms with Gasteiger partial charge in [-0.3, -0.25) is 14.6 Å². The summed E-state index contributed by atoms with van der Waals surface area (Å²) in [5.74, 6) is -1.23. The van der Waals surface area contributed by atoms with E-state index in [9.17, 15) is 14.0 Å². The van der Waals surface area contributed by atoms with Gasteiger partial charge in [0.1, 0.15) is 11.5 Å². The quantitative estimate of drug-likeness (QED) is 0.674. The Balaban J connectivity index is 1.65. The maximum absolute atomic E-state index is 13.7. The van der Waals surface area contributed by atoms with E-state index in [4.69, 9.17) is 0 Å². The molecule has 0 atom stereocenters. The maximum atomic E-state index is 13.7. The highest BCUT2D eigenvalue weighted by Gasteiger charge is 2.13. The average Bonchev–Trinajstić information content (AvgIpc) is 2.73. The van der Waals surface area contributed by atoms with Gasteiger partial charge >= 0.3 is 0 Å². The largest absolute Gasteiger partial charge is 0.378 e. The molecule has 0 unspecified atom stereocenters. The summed E-state index contributed by atoms with van der Waals surface area (Å²) in [7, 11) is 3.86. The molecule has 3 rings (SSSR count). The van der Waals surface area contributed by atoms with Crippen molar-refractivity contribution in [3.05, 3.63) is 89.5 Å². The SMILES string of the molecule is CN(C)c1ccc(NC(=O)c2cc(C(=O)NCc3ccccc3F)ccn2)cc1. The number of nitrogens with zero attached hydrogens (tertiary/aromatic N) is 2. The van der Waals surface area contributed by atoms with E-state index in [0.29, 0.717) is 11.3 Å². The summed E-state index contributed by atoms with van der Waals surface area (Å²) >= 11 is 0. The summed E-state index contributed by atoms with van der Waals surface area (Å²) in [5.41, 5.74) is 2.39. The maximum Gasteiger partial charge on any atom is 0.274 e. The molecule has 2 amide bonds. The Hall–Kier alpha value is -3.74. The summed E-state index contributed by atoms with van der Waals surface area (Å²) in [6, 6.07) is 16.5. The number of halogens is 1. The molecule has 29 heavy (non-hydrogen) atoms. The highest BCUT2D eigenvalue weighted by Crippen LogP contribution is 2.16. The van der Waals surface area contributed by atoms with Crippen LogP contribution in [0.4, 0.5) is 15.8 Å². The summed E-state index contributed by atoms with van der Waals surface area (Å²) in [5, 5.41) is 5.40. The van der Waals surface area contributed by atoms with Crippen LogP contribution in [0.25, 0.3) is 0 Å². The molecule has 3 aromatic rings. The Kier molecular flexibility index (Phi) is 6.19. The van der Waals surface area contributed by atoms with Crippen LogP contribution in [0, 0.1) is 5.82 Å². The molecule has 1 heterocycles. The fourth-order valence-electron chi connectivity index (χ4n) is 2.65. The molecule has 0 radical (unpaired) electrons. The van der Waals surface area contributed by atoms with Crippen LogP contribution in [0.3, 0.4) is 0 Å². The Labute approximate surface area is 168 Å². The molecule has 0 bridgehead atoms. The van der Waals surface area contributed by atoms with Crippen LogP contribution in [-0.4, -0.2) is 30.9 Å². The predicted octanol–water partition coefficient (Wildman–Crippen LogP) is 3.47. The van der Waals surface area contributed by atoms with Gasteiger partial charge in [0, 0.05) is 49.3 Å². The van der Waals surface area contributed by atoms with Gasteiger partial charge in [0.15, 0.2) is 0 Å². The van der Waals surface area contributed by atoms with E-state index in [1.807, 2.05) is 31.1 Å². The van der Waals surface area contributed by atoms with E-state index in [1.165, 1.54) is 24.4 Å². The number of aromatic nitrogens is 1. The van der Waals surface area contributed by atoms with E-state index in [-0.39, 0.29) is 23.6 Å². The van der Waals surface area contributed by atoms with Crippen molar-refractivity contribution in [1.82, 2.24) is 10.3 Å². The van der Waals surface area contributed by atoms with Crippen LogP contribution in [0.1, 0.15) is 26.4 Å². The molecule has 0 fully saturated rings. The van der Waals surface area contributed by atoms with Crippen molar-refractivity contribution in [3.8, 4) is 0 Å². The van der Waals surface area contributed by atoms with Crippen LogP contribution < -0.4 is 15.5 Å². The van der Waals surface area contributed by atoms with Crippen LogP contribution in [0.2, 0.25) is 0 Å². The van der Waals surface area contributed by atoms with Gasteiger partial charge in [0.05, 0.1) is 0 Å². The lowest BCUT2D eigenvalue weighted by molar-refractivity contribution is 0.0950. The minimum Gasteiger partial charge on any atom is -0.378 e. The second-order valence-corrected chi connectivity index (χ2v) is 6.60. The third-order valence-electron chi connectivity index (χ3n) is 4.29. The zero-order valence-corrected chi connectivity index (χ0v) is 16.1. The molecule has 0 aliphatic heterocycles. The van der Waals surface area contributed by atoms with Crippen molar-refractivity contribution in [2.24, 2.45) is 0 Å². The van der Waals surface area contributed by atoms with Crippen molar-refractivity contribution in [2.75, 3.05) is 24.3 Å². The lowest BCUT2D eigenvalue weighted by Gasteiger charge is -2.13. The number of amides is 2. The topological polar surface area (TPSA) is 74.3 Å². The van der Waals surface area contributed by atoms with Crippen molar-refractivity contribution < 1.29 is 14.0 Å². The van der Waals surface area contributed by atoms with Crippen molar-refractivity contribution >= 4 is 23.2 Å². The number of nitrogens with one attached hydrogen (secondary N) is 2. The van der Waals surface area contributed by atoms with Gasteiger partial charge in [0.2, 0.25) is 0 Å². The zero-order chi connectivity index (χ0) is 20.8. The standard InChI is InChI=1S/C22H21FN4O2/c1-27(2)18-9-7-17(8-10-18)26-22(29)20-13-15(11-12-24-20)21(28)25-14-16-5-3-4-6-19(16)23/h3-13H,14H2,1-2H3,(H,25,28)(H,26,29). The lowest BCUT2D eigenvalue weighted by atomic mass is 10.1. The van der Waals surface area contributed by atoms with Crippen LogP contribution >= 0.6 is 0 Å². The monoisotopic (exact) mass is 392 g/mol. The number of carbonyl (C=O) groups is 2. The summed E-state index contributed by atoms with van der Waals surface area (Å²) in [6.07, 6.45) is 1.39. The summed E-state index contributed by atoms with van der Waals surface area (Å²) in [4.78, 5) is 30.8. The first-order valence-corrected chi connectivity index (χ1v) is 9.00. The molecule has 2 aromatic carbocycles. The van der Waals surface area contributed by atoms with Crippen LogP contribution in [0.5, 0.6) is 0 Å². The number of pyridine rings is 1. The molecule has 0 aliphatic rings. The molecular formula is C22H21FN4O2. The molecule has 0 saturated heterocycles. The summed E-state index contributed by atoms with van der Waals surface area (Å²) < 4.78 is 13.7. The van der Waals surface area contributed by atoms with Crippen molar-refractivity contribution in [3.63, 3.8) is 0 Å². The zero-order valence-electron chi connectivity index (χ0n) is 16.1. The van der Waals surface area contributed by atoms with E-state index in [2.05, 4.69) is 15.6 Å². The second-order valence-electron chi connectivity index (χ2n) is 6.60. The molecule has 7 heteroatoms. The van der Waals surface area contributed by atoms with Gasteiger partial charge in [-0.2, -0.15) is 0 Å². The minimum absolute atomic E-state index is 0.0492. The Morgan fingerprint density at radius 2 is 1.72 bits per heavy atom. The predicted molar refractivity (Wildman–Crippen MR) is 111 cm³/mol. The second kappa shape index (κ2) is 8.97. The fraction of sp³-hybridized carbons (Fsp3) is 0.136. The lowest BCUT2D eigenvalue weighted by Crippen LogP contribution is -2.24. The Morgan fingerprint density at radius 3 is 2.41 bits per heavy atom. The van der Waals surface area contributed by atoms with Crippen molar-refractivity contribution in [1.29, 1.82) is 0 Å². The number of carbonyl (C=O) groups excluding carboxylic acids is 2. The third kappa shape index (κ3) is 5.16. The molecule has 0 saturated carbocycles.